The highest BCUT2D eigenvalue weighted by Crippen LogP contribution is 2.44. The van der Waals surface area contributed by atoms with Crippen LogP contribution in [0.2, 0.25) is 0 Å². The Hall–Kier alpha value is -6.85. The maximum absolute atomic E-state index is 6.37. The van der Waals surface area contributed by atoms with Gasteiger partial charge >= 0.3 is 0 Å². The highest BCUT2D eigenvalue weighted by molar-refractivity contribution is 6.17. The molecule has 0 fully saturated rings. The molecule has 7 aromatic carbocycles. The molecule has 3 aromatic heterocycles. The number of nitrogens with zero attached hydrogens (tertiary/aromatic N) is 4. The summed E-state index contributed by atoms with van der Waals surface area (Å²) in [6, 6.07) is 55.2. The average molecular weight is 653 g/mol. The number of hydrogen-bond acceptors (Lipinski definition) is 4. The van der Waals surface area contributed by atoms with Crippen LogP contribution < -0.4 is 0 Å². The quantitative estimate of drug-likeness (QED) is 0.190. The largest absolute Gasteiger partial charge is 0.456 e. The van der Waals surface area contributed by atoms with Crippen LogP contribution >= 0.6 is 0 Å². The van der Waals surface area contributed by atoms with Gasteiger partial charge in [0.15, 0.2) is 17.5 Å². The van der Waals surface area contributed by atoms with E-state index in [1.54, 1.807) is 0 Å². The molecule has 1 aliphatic rings. The molecule has 5 nitrogen and oxygen atoms in total. The fourth-order valence-corrected chi connectivity index (χ4v) is 7.93. The molecule has 1 aliphatic carbocycles. The molecule has 0 N–H and O–H groups in total. The van der Waals surface area contributed by atoms with Crippen LogP contribution in [-0.2, 0) is 6.42 Å². The first-order valence-corrected chi connectivity index (χ1v) is 17.2. The molecule has 3 heterocycles. The van der Waals surface area contributed by atoms with Crippen molar-refractivity contribution < 1.29 is 4.42 Å². The lowest BCUT2D eigenvalue weighted by Gasteiger charge is -2.12. The molecule has 5 heteroatoms. The maximum atomic E-state index is 6.37. The van der Waals surface area contributed by atoms with Crippen molar-refractivity contribution in [1.82, 2.24) is 19.5 Å². The lowest BCUT2D eigenvalue weighted by atomic mass is 10.0. The number of benzene rings is 7. The molecule has 0 saturated heterocycles. The van der Waals surface area contributed by atoms with Crippen molar-refractivity contribution in [2.24, 2.45) is 0 Å². The summed E-state index contributed by atoms with van der Waals surface area (Å²) in [5.41, 5.74) is 13.2. The van der Waals surface area contributed by atoms with Crippen molar-refractivity contribution in [2.75, 3.05) is 0 Å². The molecule has 10 aromatic rings. The summed E-state index contributed by atoms with van der Waals surface area (Å²) < 4.78 is 8.75. The predicted molar refractivity (Wildman–Crippen MR) is 206 cm³/mol. The van der Waals surface area contributed by atoms with Crippen LogP contribution in [-0.4, -0.2) is 19.5 Å². The fraction of sp³-hybridized carbons (Fsp3) is 0.0217. The van der Waals surface area contributed by atoms with Gasteiger partial charge in [-0.15, -0.1) is 0 Å². The van der Waals surface area contributed by atoms with Crippen LogP contribution in [0, 0.1) is 0 Å². The summed E-state index contributed by atoms with van der Waals surface area (Å²) in [6.07, 6.45) is 0.806. The number of fused-ring (bicyclic) bond motifs is 9. The molecule has 0 saturated carbocycles. The normalized spacial score (nSPS) is 12.2. The SMILES string of the molecule is c1ccc(-c2nc(-c3ccccc3)nc(-c3cccc4c3Cc3ccc(-n5c6ccccc6c6cc7c(cc65)oc5ccccc57)cc3-4)n2)cc1. The van der Waals surface area contributed by atoms with Crippen LogP contribution in [0.3, 0.4) is 0 Å². The Morgan fingerprint density at radius 2 is 1.10 bits per heavy atom. The Balaban J connectivity index is 1.08. The lowest BCUT2D eigenvalue weighted by Crippen LogP contribution is -2.01. The maximum Gasteiger partial charge on any atom is 0.164 e. The topological polar surface area (TPSA) is 56.7 Å². The standard InChI is InChI=1S/C46H28N4O/c1-3-12-28(13-4-1)44-47-45(29-14-5-2-6-15-29)49-46(48-44)35-19-11-18-32-36-25-31(23-22-30(36)24-37(32)35)50-40-20-9-7-16-33(40)38-26-39-34-17-8-10-21-42(34)51-43(39)27-41(38)50/h1-23,25-27H,24H2. The van der Waals surface area contributed by atoms with Gasteiger partial charge in [-0.2, -0.15) is 0 Å². The smallest absolute Gasteiger partial charge is 0.164 e. The molecule has 0 spiro atoms. The summed E-state index contributed by atoms with van der Waals surface area (Å²) in [5.74, 6) is 2.02. The Bertz CT molecular complexity index is 2940. The highest BCUT2D eigenvalue weighted by atomic mass is 16.3. The zero-order valence-electron chi connectivity index (χ0n) is 27.4. The van der Waals surface area contributed by atoms with E-state index in [0.29, 0.717) is 17.5 Å². The minimum atomic E-state index is 0.666. The molecular weight excluding hydrogens is 625 g/mol. The van der Waals surface area contributed by atoms with E-state index in [1.165, 1.54) is 38.5 Å². The summed E-state index contributed by atoms with van der Waals surface area (Å²) in [6.45, 7) is 0. The molecular formula is C46H28N4O. The monoisotopic (exact) mass is 652 g/mol. The third-order valence-corrected chi connectivity index (χ3v) is 10.3. The van der Waals surface area contributed by atoms with Crippen molar-refractivity contribution in [3.05, 3.63) is 169 Å². The predicted octanol–water partition coefficient (Wildman–Crippen LogP) is 11.4. The Morgan fingerprint density at radius 3 is 1.88 bits per heavy atom. The summed E-state index contributed by atoms with van der Waals surface area (Å²) in [5, 5.41) is 4.72. The lowest BCUT2D eigenvalue weighted by molar-refractivity contribution is 0.669. The minimum Gasteiger partial charge on any atom is -0.456 e. The minimum absolute atomic E-state index is 0.666. The average Bonchev–Trinajstić information content (AvgIpc) is 3.86. The van der Waals surface area contributed by atoms with Crippen LogP contribution in [0.15, 0.2) is 162 Å². The van der Waals surface area contributed by atoms with E-state index >= 15 is 0 Å². The van der Waals surface area contributed by atoms with E-state index in [4.69, 9.17) is 19.4 Å². The molecule has 51 heavy (non-hydrogen) atoms. The van der Waals surface area contributed by atoms with Crippen LogP contribution in [0.5, 0.6) is 0 Å². The van der Waals surface area contributed by atoms with Gasteiger partial charge in [-0.05, 0) is 59.0 Å². The van der Waals surface area contributed by atoms with E-state index in [0.717, 1.165) is 56.3 Å². The highest BCUT2D eigenvalue weighted by Gasteiger charge is 2.25. The summed E-state index contributed by atoms with van der Waals surface area (Å²) in [7, 11) is 0. The van der Waals surface area contributed by atoms with Gasteiger partial charge in [0.1, 0.15) is 11.2 Å². The Morgan fingerprint density at radius 1 is 0.431 bits per heavy atom. The molecule has 11 rings (SSSR count). The molecule has 0 aliphatic heterocycles. The third kappa shape index (κ3) is 4.31. The van der Waals surface area contributed by atoms with E-state index in [9.17, 15) is 0 Å². The molecule has 238 valence electrons. The van der Waals surface area contributed by atoms with Gasteiger partial charge in [-0.25, -0.2) is 15.0 Å². The summed E-state index contributed by atoms with van der Waals surface area (Å²) >= 11 is 0. The van der Waals surface area contributed by atoms with Crippen molar-refractivity contribution >= 4 is 43.7 Å². The second-order valence-electron chi connectivity index (χ2n) is 13.2. The number of para-hydroxylation sites is 2. The van der Waals surface area contributed by atoms with E-state index in [-0.39, 0.29) is 0 Å². The van der Waals surface area contributed by atoms with Gasteiger partial charge in [-0.3, -0.25) is 0 Å². The second-order valence-corrected chi connectivity index (χ2v) is 13.2. The zero-order valence-corrected chi connectivity index (χ0v) is 27.4. The number of rotatable bonds is 4. The van der Waals surface area contributed by atoms with Gasteiger partial charge in [0, 0.05) is 50.0 Å². The third-order valence-electron chi connectivity index (χ3n) is 10.3. The first kappa shape index (κ1) is 28.0. The molecule has 0 atom stereocenters. The van der Waals surface area contributed by atoms with Gasteiger partial charge in [0.05, 0.1) is 11.0 Å². The van der Waals surface area contributed by atoms with Gasteiger partial charge in [-0.1, -0.05) is 121 Å². The van der Waals surface area contributed by atoms with Crippen molar-refractivity contribution in [1.29, 1.82) is 0 Å². The van der Waals surface area contributed by atoms with E-state index in [2.05, 4.69) is 114 Å². The Labute approximate surface area is 293 Å². The van der Waals surface area contributed by atoms with Crippen molar-refractivity contribution in [3.63, 3.8) is 0 Å². The second kappa shape index (κ2) is 10.8. The van der Waals surface area contributed by atoms with Crippen LogP contribution in [0.4, 0.5) is 0 Å². The van der Waals surface area contributed by atoms with Gasteiger partial charge in [0.25, 0.3) is 0 Å². The number of aromatic nitrogens is 4. The molecule has 0 bridgehead atoms. The first-order chi connectivity index (χ1) is 25.3. The van der Waals surface area contributed by atoms with Crippen molar-refractivity contribution in [2.45, 2.75) is 6.42 Å². The Kier molecular flexibility index (Phi) is 5.95. The molecule has 0 amide bonds. The molecule has 0 unspecified atom stereocenters. The fourth-order valence-electron chi connectivity index (χ4n) is 7.93. The van der Waals surface area contributed by atoms with E-state index in [1.807, 2.05) is 48.5 Å². The van der Waals surface area contributed by atoms with E-state index < -0.39 is 0 Å². The van der Waals surface area contributed by atoms with Crippen LogP contribution in [0.25, 0.3) is 94.7 Å². The van der Waals surface area contributed by atoms with Crippen LogP contribution in [0.1, 0.15) is 11.1 Å². The van der Waals surface area contributed by atoms with Gasteiger partial charge < -0.3 is 8.98 Å². The molecule has 0 radical (unpaired) electrons. The van der Waals surface area contributed by atoms with Crippen molar-refractivity contribution in [3.8, 4) is 51.0 Å². The summed E-state index contributed by atoms with van der Waals surface area (Å²) in [4.78, 5) is 15.1. The number of furan rings is 1. The number of hydrogen-bond donors (Lipinski definition) is 0. The van der Waals surface area contributed by atoms with Gasteiger partial charge in [0.2, 0.25) is 0 Å². The first-order valence-electron chi connectivity index (χ1n) is 17.2. The zero-order chi connectivity index (χ0) is 33.5.